The normalized spacial score (nSPS) is 15.9. The third-order valence-corrected chi connectivity index (χ3v) is 8.67. The van der Waals surface area contributed by atoms with Crippen LogP contribution in [0.1, 0.15) is 47.9 Å². The number of halogens is 1. The van der Waals surface area contributed by atoms with Gasteiger partial charge in [0.05, 0.1) is 40.2 Å². The Balaban J connectivity index is 1.66. The highest BCUT2D eigenvalue weighted by Gasteiger charge is 2.40. The summed E-state index contributed by atoms with van der Waals surface area (Å²) in [5.41, 5.74) is 2.13. The molecular formula is C27H27ClN4O3S2. The molecule has 1 aromatic carbocycles. The van der Waals surface area contributed by atoms with Gasteiger partial charge in [-0.05, 0) is 35.7 Å². The molecule has 0 saturated carbocycles. The van der Waals surface area contributed by atoms with Crippen molar-refractivity contribution in [3.8, 4) is 5.69 Å². The maximum atomic E-state index is 13.6. The first-order valence-corrected chi connectivity index (χ1v) is 14.2. The minimum atomic E-state index is -0.326. The lowest BCUT2D eigenvalue weighted by molar-refractivity contribution is -0.123. The molecule has 10 heteroatoms. The second-order valence-corrected chi connectivity index (χ2v) is 12.2. The largest absolute Gasteiger partial charge is 0.467 e. The van der Waals surface area contributed by atoms with Crippen LogP contribution in [0.5, 0.6) is 0 Å². The molecule has 37 heavy (non-hydrogen) atoms. The number of carbonyl (C=O) groups excluding carboxylic acids is 2. The van der Waals surface area contributed by atoms with E-state index in [1.165, 1.54) is 0 Å². The Labute approximate surface area is 228 Å². The number of nitrogens with one attached hydrogen (secondary N) is 1. The fraction of sp³-hybridized carbons (Fsp3) is 0.296. The van der Waals surface area contributed by atoms with Crippen molar-refractivity contribution in [3.63, 3.8) is 0 Å². The van der Waals surface area contributed by atoms with Crippen LogP contribution in [0.25, 0.3) is 5.69 Å². The maximum Gasteiger partial charge on any atom is 0.240 e. The molecule has 0 radical (unpaired) electrons. The maximum absolute atomic E-state index is 13.6. The smallest absolute Gasteiger partial charge is 0.240 e. The number of benzene rings is 1. The highest BCUT2D eigenvalue weighted by Crippen LogP contribution is 2.49. The standard InChI is InChI=1S/C27H27ClN4O3S2/c1-27(2,3)25-23-24(20-11-7-13-36-20)37-16-22(34)31(15-21(33)29-14-17-8-6-12-35-17)26(23)32(30-25)19-10-5-4-9-18(19)28/h4-13,24H,14-16H2,1-3H3,(H,29,33)/t24-/m0/s1. The molecule has 1 aliphatic rings. The first kappa shape index (κ1) is 25.6. The van der Waals surface area contributed by atoms with E-state index in [1.807, 2.05) is 29.6 Å². The van der Waals surface area contributed by atoms with Gasteiger partial charge in [-0.3, -0.25) is 14.5 Å². The van der Waals surface area contributed by atoms with Crippen LogP contribution in [0.15, 0.2) is 64.6 Å². The number of aromatic nitrogens is 2. The molecule has 2 amide bonds. The van der Waals surface area contributed by atoms with Crippen molar-refractivity contribution in [2.45, 2.75) is 38.0 Å². The summed E-state index contributed by atoms with van der Waals surface area (Å²) >= 11 is 9.85. The van der Waals surface area contributed by atoms with Crippen LogP contribution in [-0.2, 0) is 21.5 Å². The second-order valence-electron chi connectivity index (χ2n) is 9.74. The Morgan fingerprint density at radius 3 is 2.68 bits per heavy atom. The lowest BCUT2D eigenvalue weighted by atomic mass is 9.88. The lowest BCUT2D eigenvalue weighted by Gasteiger charge is -2.24. The Kier molecular flexibility index (Phi) is 7.20. The van der Waals surface area contributed by atoms with E-state index in [0.717, 1.165) is 16.1 Å². The summed E-state index contributed by atoms with van der Waals surface area (Å²) in [6.45, 7) is 6.41. The van der Waals surface area contributed by atoms with E-state index in [2.05, 4.69) is 32.2 Å². The monoisotopic (exact) mass is 554 g/mol. The predicted octanol–water partition coefficient (Wildman–Crippen LogP) is 5.96. The van der Waals surface area contributed by atoms with Crippen molar-refractivity contribution in [1.29, 1.82) is 0 Å². The zero-order valence-electron chi connectivity index (χ0n) is 20.7. The molecule has 1 aliphatic heterocycles. The van der Waals surface area contributed by atoms with Gasteiger partial charge in [-0.15, -0.1) is 23.1 Å². The van der Waals surface area contributed by atoms with Crippen LogP contribution >= 0.6 is 34.7 Å². The van der Waals surface area contributed by atoms with Crippen LogP contribution in [0.2, 0.25) is 5.02 Å². The van der Waals surface area contributed by atoms with Crippen molar-refractivity contribution in [3.05, 3.63) is 87.1 Å². The van der Waals surface area contributed by atoms with Gasteiger partial charge in [0.25, 0.3) is 0 Å². The van der Waals surface area contributed by atoms with E-state index in [0.29, 0.717) is 22.3 Å². The number of amides is 2. The molecule has 1 N–H and O–H groups in total. The molecule has 0 saturated heterocycles. The molecule has 0 aliphatic carbocycles. The van der Waals surface area contributed by atoms with E-state index >= 15 is 0 Å². The van der Waals surface area contributed by atoms with Crippen LogP contribution in [0.4, 0.5) is 5.82 Å². The Bertz CT molecular complexity index is 1410. The second kappa shape index (κ2) is 10.4. The first-order chi connectivity index (χ1) is 17.7. The summed E-state index contributed by atoms with van der Waals surface area (Å²) in [6.07, 6.45) is 1.56. The van der Waals surface area contributed by atoms with E-state index in [1.54, 1.807) is 57.1 Å². The topological polar surface area (TPSA) is 80.4 Å². The highest BCUT2D eigenvalue weighted by atomic mass is 35.5. The van der Waals surface area contributed by atoms with Crippen LogP contribution in [0.3, 0.4) is 0 Å². The zero-order valence-corrected chi connectivity index (χ0v) is 23.1. The fourth-order valence-corrected chi connectivity index (χ4v) is 6.72. The molecule has 7 nitrogen and oxygen atoms in total. The highest BCUT2D eigenvalue weighted by molar-refractivity contribution is 8.00. The lowest BCUT2D eigenvalue weighted by Crippen LogP contribution is -2.42. The molecule has 0 bridgehead atoms. The van der Waals surface area contributed by atoms with Gasteiger partial charge < -0.3 is 9.73 Å². The summed E-state index contributed by atoms with van der Waals surface area (Å²) < 4.78 is 7.07. The van der Waals surface area contributed by atoms with Gasteiger partial charge in [0.1, 0.15) is 18.1 Å². The third kappa shape index (κ3) is 5.21. The average molecular weight is 555 g/mol. The number of hydrogen-bond donors (Lipinski definition) is 1. The predicted molar refractivity (Wildman–Crippen MR) is 149 cm³/mol. The van der Waals surface area contributed by atoms with Crippen molar-refractivity contribution >= 4 is 52.3 Å². The number of anilines is 1. The zero-order chi connectivity index (χ0) is 26.2. The number of nitrogens with zero attached hydrogens (tertiary/aromatic N) is 3. The summed E-state index contributed by atoms with van der Waals surface area (Å²) in [5.74, 6) is 1.00. The number of hydrogen-bond acceptors (Lipinski definition) is 6. The van der Waals surface area contributed by atoms with Crippen molar-refractivity contribution in [1.82, 2.24) is 15.1 Å². The van der Waals surface area contributed by atoms with Crippen LogP contribution in [-0.4, -0.2) is 33.9 Å². The SMILES string of the molecule is CC(C)(C)c1nn(-c2ccccc2Cl)c2c1[C@H](c1cccs1)SCC(=O)N2CC(=O)NCc1ccco1. The summed E-state index contributed by atoms with van der Waals surface area (Å²) in [4.78, 5) is 29.4. The molecule has 4 heterocycles. The van der Waals surface area contributed by atoms with E-state index in [9.17, 15) is 9.59 Å². The molecule has 0 unspecified atom stereocenters. The number of carbonyl (C=O) groups is 2. The van der Waals surface area contributed by atoms with Crippen LogP contribution in [0, 0.1) is 0 Å². The molecule has 4 aromatic rings. The molecule has 0 spiro atoms. The molecule has 3 aromatic heterocycles. The van der Waals surface area contributed by atoms with Gasteiger partial charge in [0.2, 0.25) is 11.8 Å². The van der Waals surface area contributed by atoms with Gasteiger partial charge in [0.15, 0.2) is 0 Å². The van der Waals surface area contributed by atoms with Crippen molar-refractivity contribution in [2.75, 3.05) is 17.2 Å². The number of furan rings is 1. The van der Waals surface area contributed by atoms with E-state index in [-0.39, 0.29) is 41.3 Å². The minimum Gasteiger partial charge on any atom is -0.467 e. The van der Waals surface area contributed by atoms with Gasteiger partial charge in [-0.1, -0.05) is 50.6 Å². The van der Waals surface area contributed by atoms with Gasteiger partial charge in [0, 0.05) is 15.9 Å². The minimum absolute atomic E-state index is 0.111. The van der Waals surface area contributed by atoms with Crippen LogP contribution < -0.4 is 10.2 Å². The molecule has 192 valence electrons. The first-order valence-electron chi connectivity index (χ1n) is 11.9. The number of thioether (sulfide) groups is 1. The molecular weight excluding hydrogens is 528 g/mol. The fourth-order valence-electron chi connectivity index (χ4n) is 4.33. The van der Waals surface area contributed by atoms with Gasteiger partial charge in [-0.25, -0.2) is 4.68 Å². The third-order valence-electron chi connectivity index (χ3n) is 6.02. The molecule has 1 atom stereocenters. The van der Waals surface area contributed by atoms with E-state index < -0.39 is 0 Å². The van der Waals surface area contributed by atoms with Gasteiger partial charge in [-0.2, -0.15) is 5.10 Å². The Hall–Kier alpha value is -3.01. The summed E-state index contributed by atoms with van der Waals surface area (Å²) in [5, 5.41) is 10.4. The van der Waals surface area contributed by atoms with Crippen molar-refractivity contribution < 1.29 is 14.0 Å². The summed E-state index contributed by atoms with van der Waals surface area (Å²) in [7, 11) is 0. The number of fused-ring (bicyclic) bond motifs is 1. The van der Waals surface area contributed by atoms with Gasteiger partial charge >= 0.3 is 0 Å². The summed E-state index contributed by atoms with van der Waals surface area (Å²) in [6, 6.07) is 15.1. The van der Waals surface area contributed by atoms with Crippen molar-refractivity contribution in [2.24, 2.45) is 0 Å². The quantitative estimate of drug-likeness (QED) is 0.318. The average Bonchev–Trinajstić information content (AvgIpc) is 3.62. The van der Waals surface area contributed by atoms with E-state index in [4.69, 9.17) is 21.1 Å². The number of rotatable bonds is 6. The number of thiophene rings is 1. The number of para-hydroxylation sites is 1. The molecule has 5 rings (SSSR count). The molecule has 0 fully saturated rings. The Morgan fingerprint density at radius 2 is 2.00 bits per heavy atom. The Morgan fingerprint density at radius 1 is 1.19 bits per heavy atom.